The number of hydrogen-bond acceptors (Lipinski definition) is 7. The maximum absolute atomic E-state index is 13.1. The summed E-state index contributed by atoms with van der Waals surface area (Å²) in [5, 5.41) is 14.4. The molecular weight excluding hydrogens is 454 g/mol. The van der Waals surface area contributed by atoms with Crippen molar-refractivity contribution in [3.05, 3.63) is 102 Å². The zero-order valence-corrected chi connectivity index (χ0v) is 19.3. The molecule has 2 aliphatic heterocycles. The second-order valence-corrected chi connectivity index (χ2v) is 8.44. The standard InChI is InChI=1S/C28H23N5O3/c34-26-25(30-24(19-8-2-1-3-9-19)22-12-6-7-13-23(22)29-26)31-28-33-32-27(36-28)21-11-5-4-10-20(21)18-14-16-35-17-15-18/h1-14,25H,15-17H2,(H,29,34)(H,31,33)/t25-/m1/s1. The molecule has 8 heteroatoms. The summed E-state index contributed by atoms with van der Waals surface area (Å²) in [6.45, 7) is 1.26. The van der Waals surface area contributed by atoms with Crippen LogP contribution in [0.4, 0.5) is 11.7 Å². The van der Waals surface area contributed by atoms with E-state index in [0.717, 1.165) is 28.7 Å². The van der Waals surface area contributed by atoms with Crippen LogP contribution in [0.3, 0.4) is 0 Å². The fourth-order valence-corrected chi connectivity index (χ4v) is 4.41. The molecule has 6 rings (SSSR count). The van der Waals surface area contributed by atoms with Crippen molar-refractivity contribution in [2.75, 3.05) is 23.8 Å². The average Bonchev–Trinajstić information content (AvgIpc) is 3.35. The van der Waals surface area contributed by atoms with Gasteiger partial charge in [-0.1, -0.05) is 77.9 Å². The van der Waals surface area contributed by atoms with Crippen LogP contribution in [-0.2, 0) is 9.53 Å². The summed E-state index contributed by atoms with van der Waals surface area (Å²) < 4.78 is 11.4. The molecule has 0 aliphatic carbocycles. The summed E-state index contributed by atoms with van der Waals surface area (Å²) in [7, 11) is 0. The van der Waals surface area contributed by atoms with Gasteiger partial charge in [-0.2, -0.15) is 0 Å². The lowest BCUT2D eigenvalue weighted by Crippen LogP contribution is -2.32. The number of aromatic nitrogens is 2. The first-order valence-corrected chi connectivity index (χ1v) is 11.8. The van der Waals surface area contributed by atoms with Gasteiger partial charge in [0, 0.05) is 16.7 Å². The van der Waals surface area contributed by atoms with Gasteiger partial charge in [0.2, 0.25) is 12.1 Å². The molecule has 2 aliphatic rings. The van der Waals surface area contributed by atoms with E-state index in [1.807, 2.05) is 78.9 Å². The van der Waals surface area contributed by atoms with Crippen LogP contribution < -0.4 is 10.6 Å². The Bertz CT molecular complexity index is 1480. The molecule has 8 nitrogen and oxygen atoms in total. The van der Waals surface area contributed by atoms with E-state index >= 15 is 0 Å². The van der Waals surface area contributed by atoms with Crippen LogP contribution in [0.2, 0.25) is 0 Å². The molecule has 2 N–H and O–H groups in total. The number of benzene rings is 3. The van der Waals surface area contributed by atoms with Gasteiger partial charge in [-0.15, -0.1) is 5.10 Å². The number of nitrogens with zero attached hydrogens (tertiary/aromatic N) is 3. The van der Waals surface area contributed by atoms with E-state index in [2.05, 4.69) is 26.9 Å². The second kappa shape index (κ2) is 9.59. The van der Waals surface area contributed by atoms with E-state index in [-0.39, 0.29) is 11.9 Å². The molecule has 1 aromatic heterocycles. The molecule has 1 atom stereocenters. The van der Waals surface area contributed by atoms with Crippen LogP contribution in [0.1, 0.15) is 23.1 Å². The summed E-state index contributed by atoms with van der Waals surface area (Å²) in [5.41, 5.74) is 6.17. The van der Waals surface area contributed by atoms with Gasteiger partial charge >= 0.3 is 6.01 Å². The van der Waals surface area contributed by atoms with Crippen LogP contribution in [0, 0.1) is 0 Å². The first-order chi connectivity index (χ1) is 17.8. The number of nitrogens with one attached hydrogen (secondary N) is 2. The number of ether oxygens (including phenoxy) is 1. The predicted octanol–water partition coefficient (Wildman–Crippen LogP) is 4.77. The Kier molecular flexibility index (Phi) is 5.85. The zero-order valence-electron chi connectivity index (χ0n) is 19.3. The summed E-state index contributed by atoms with van der Waals surface area (Å²) in [4.78, 5) is 17.9. The van der Waals surface area contributed by atoms with Crippen molar-refractivity contribution >= 4 is 28.9 Å². The normalized spacial score (nSPS) is 17.3. The number of para-hydroxylation sites is 1. The molecule has 36 heavy (non-hydrogen) atoms. The Morgan fingerprint density at radius 1 is 0.861 bits per heavy atom. The first-order valence-electron chi connectivity index (χ1n) is 11.8. The minimum Gasteiger partial charge on any atom is -0.403 e. The fraction of sp³-hybridized carbons (Fsp3) is 0.143. The van der Waals surface area contributed by atoms with Gasteiger partial charge in [-0.3, -0.25) is 4.79 Å². The fourth-order valence-electron chi connectivity index (χ4n) is 4.41. The van der Waals surface area contributed by atoms with Crippen LogP contribution in [0.5, 0.6) is 0 Å². The van der Waals surface area contributed by atoms with Gasteiger partial charge in [0.05, 0.1) is 24.6 Å². The number of benzodiazepines with no additional fused rings is 1. The number of carbonyl (C=O) groups excluding carboxylic acids is 1. The van der Waals surface area contributed by atoms with Crippen molar-refractivity contribution in [3.63, 3.8) is 0 Å². The Balaban J connectivity index is 1.33. The third kappa shape index (κ3) is 4.30. The van der Waals surface area contributed by atoms with Crippen LogP contribution in [0.15, 0.2) is 94.3 Å². The molecule has 3 aromatic carbocycles. The number of anilines is 2. The van der Waals surface area contributed by atoms with Crippen molar-refractivity contribution in [1.29, 1.82) is 0 Å². The van der Waals surface area contributed by atoms with E-state index < -0.39 is 6.17 Å². The van der Waals surface area contributed by atoms with Crippen LogP contribution >= 0.6 is 0 Å². The topological polar surface area (TPSA) is 102 Å². The summed E-state index contributed by atoms with van der Waals surface area (Å²) in [5.74, 6) is 0.0472. The summed E-state index contributed by atoms with van der Waals surface area (Å²) in [6.07, 6.45) is 1.93. The van der Waals surface area contributed by atoms with E-state index in [4.69, 9.17) is 14.1 Å². The highest BCUT2D eigenvalue weighted by molar-refractivity contribution is 6.19. The molecule has 0 radical (unpaired) electrons. The molecular formula is C28H23N5O3. The zero-order chi connectivity index (χ0) is 24.3. The quantitative estimate of drug-likeness (QED) is 0.429. The average molecular weight is 478 g/mol. The number of rotatable bonds is 5. The molecule has 178 valence electrons. The lowest BCUT2D eigenvalue weighted by Gasteiger charge is -2.15. The number of amides is 1. The highest BCUT2D eigenvalue weighted by atomic mass is 16.5. The Labute approximate surface area is 207 Å². The molecule has 0 bridgehead atoms. The van der Waals surface area contributed by atoms with E-state index in [1.165, 1.54) is 5.57 Å². The predicted molar refractivity (Wildman–Crippen MR) is 138 cm³/mol. The summed E-state index contributed by atoms with van der Waals surface area (Å²) in [6, 6.07) is 25.4. The van der Waals surface area contributed by atoms with Gasteiger partial charge in [0.15, 0.2) is 0 Å². The lowest BCUT2D eigenvalue weighted by atomic mass is 9.96. The van der Waals surface area contributed by atoms with Crippen LogP contribution in [0.25, 0.3) is 17.0 Å². The Hall–Kier alpha value is -4.56. The lowest BCUT2D eigenvalue weighted by molar-refractivity contribution is -0.116. The number of hydrogen-bond donors (Lipinski definition) is 2. The van der Waals surface area contributed by atoms with Crippen molar-refractivity contribution in [1.82, 2.24) is 10.2 Å². The van der Waals surface area contributed by atoms with Gasteiger partial charge in [0.1, 0.15) is 0 Å². The SMILES string of the molecule is O=C1Nc2ccccc2C(c2ccccc2)=N[C@@H]1Nc1nnc(-c2ccccc2C2=CCOCC2)o1. The van der Waals surface area contributed by atoms with Gasteiger partial charge in [0.25, 0.3) is 5.91 Å². The van der Waals surface area contributed by atoms with Crippen molar-refractivity contribution in [3.8, 4) is 11.5 Å². The maximum atomic E-state index is 13.1. The minimum atomic E-state index is -0.964. The highest BCUT2D eigenvalue weighted by Crippen LogP contribution is 2.32. The molecule has 0 unspecified atom stereocenters. The Morgan fingerprint density at radius 3 is 2.42 bits per heavy atom. The second-order valence-electron chi connectivity index (χ2n) is 8.44. The molecule has 4 aromatic rings. The third-order valence-electron chi connectivity index (χ3n) is 6.15. The van der Waals surface area contributed by atoms with E-state index in [9.17, 15) is 4.79 Å². The first kappa shape index (κ1) is 21.9. The number of aliphatic imine (C=N–C) groups is 1. The Morgan fingerprint density at radius 2 is 1.61 bits per heavy atom. The minimum absolute atomic E-state index is 0.114. The smallest absolute Gasteiger partial charge is 0.317 e. The van der Waals surface area contributed by atoms with Crippen LogP contribution in [-0.4, -0.2) is 41.2 Å². The van der Waals surface area contributed by atoms with Crippen molar-refractivity contribution < 1.29 is 13.9 Å². The monoisotopic (exact) mass is 477 g/mol. The van der Waals surface area contributed by atoms with Gasteiger partial charge in [-0.05, 0) is 29.7 Å². The molecule has 3 heterocycles. The van der Waals surface area contributed by atoms with Gasteiger partial charge in [-0.25, -0.2) is 4.99 Å². The molecule has 0 spiro atoms. The van der Waals surface area contributed by atoms with E-state index in [0.29, 0.717) is 30.5 Å². The highest BCUT2D eigenvalue weighted by Gasteiger charge is 2.27. The molecule has 1 amide bonds. The van der Waals surface area contributed by atoms with Gasteiger partial charge < -0.3 is 19.8 Å². The van der Waals surface area contributed by atoms with Crippen molar-refractivity contribution in [2.45, 2.75) is 12.6 Å². The largest absolute Gasteiger partial charge is 0.403 e. The molecule has 0 saturated heterocycles. The molecule has 0 saturated carbocycles. The third-order valence-corrected chi connectivity index (χ3v) is 6.15. The number of carbonyl (C=O) groups is 1. The number of fused-ring (bicyclic) bond motifs is 1. The summed E-state index contributed by atoms with van der Waals surface area (Å²) >= 11 is 0. The van der Waals surface area contributed by atoms with E-state index in [1.54, 1.807) is 0 Å². The molecule has 0 fully saturated rings. The van der Waals surface area contributed by atoms with Crippen molar-refractivity contribution in [2.24, 2.45) is 4.99 Å². The maximum Gasteiger partial charge on any atom is 0.317 e.